The van der Waals surface area contributed by atoms with Gasteiger partial charge in [-0.1, -0.05) is 97.9 Å². The highest BCUT2D eigenvalue weighted by Gasteiger charge is 2.42. The topological polar surface area (TPSA) is 93.2 Å². The largest absolute Gasteiger partial charge is 0.447 e. The quantitative estimate of drug-likeness (QED) is 0.306. The lowest BCUT2D eigenvalue weighted by atomic mass is 9.89. The van der Waals surface area contributed by atoms with E-state index in [4.69, 9.17) is 9.47 Å². The maximum atomic E-state index is 14.0. The first kappa shape index (κ1) is 29.0. The maximum absolute atomic E-state index is 14.0. The minimum atomic E-state index is -0.633. The van der Waals surface area contributed by atoms with E-state index in [-0.39, 0.29) is 31.1 Å². The van der Waals surface area contributed by atoms with Crippen molar-refractivity contribution < 1.29 is 28.7 Å². The van der Waals surface area contributed by atoms with Crippen LogP contribution in [-0.2, 0) is 38.3 Å². The van der Waals surface area contributed by atoms with Crippen molar-refractivity contribution in [3.8, 4) is 0 Å². The molecule has 3 aromatic carbocycles. The number of hydrogen-bond donors (Lipinski definition) is 0. The molecule has 8 heteroatoms. The highest BCUT2D eigenvalue weighted by atomic mass is 16.6. The normalized spacial score (nSPS) is 19.7. The molecule has 4 amide bonds. The zero-order valence-corrected chi connectivity index (χ0v) is 23.8. The summed E-state index contributed by atoms with van der Waals surface area (Å²) in [5.74, 6) is -1.68. The van der Waals surface area contributed by atoms with Crippen LogP contribution in [-0.4, -0.2) is 59.1 Å². The Morgan fingerprint density at radius 1 is 0.667 bits per heavy atom. The number of amides is 4. The Morgan fingerprint density at radius 3 is 1.57 bits per heavy atom. The van der Waals surface area contributed by atoms with Crippen LogP contribution < -0.4 is 0 Å². The number of hydrogen-bond acceptors (Lipinski definition) is 6. The zero-order chi connectivity index (χ0) is 29.5. The van der Waals surface area contributed by atoms with Crippen LogP contribution in [0.5, 0.6) is 0 Å². The minimum absolute atomic E-state index is 0.145. The molecule has 42 heavy (non-hydrogen) atoms. The molecule has 0 aliphatic carbocycles. The predicted octanol–water partition coefficient (Wildman–Crippen LogP) is 5.44. The van der Waals surface area contributed by atoms with Gasteiger partial charge >= 0.3 is 12.2 Å². The van der Waals surface area contributed by atoms with E-state index < -0.39 is 30.1 Å². The second-order valence-electron chi connectivity index (χ2n) is 11.1. The number of ether oxygens (including phenoxy) is 2. The van der Waals surface area contributed by atoms with Crippen molar-refractivity contribution >= 4 is 24.0 Å². The maximum Gasteiger partial charge on any atom is 0.416 e. The number of benzene rings is 3. The van der Waals surface area contributed by atoms with Crippen molar-refractivity contribution in [3.05, 3.63) is 108 Å². The van der Waals surface area contributed by atoms with Crippen LogP contribution in [0.4, 0.5) is 9.59 Å². The molecule has 2 aliphatic rings. The molecule has 2 aliphatic heterocycles. The van der Waals surface area contributed by atoms with Crippen LogP contribution in [0.3, 0.4) is 0 Å². The van der Waals surface area contributed by atoms with Gasteiger partial charge in [-0.25, -0.2) is 19.4 Å². The van der Waals surface area contributed by atoms with E-state index >= 15 is 0 Å². The van der Waals surface area contributed by atoms with Crippen molar-refractivity contribution in [2.45, 2.75) is 51.1 Å². The molecule has 0 spiro atoms. The Morgan fingerprint density at radius 2 is 1.10 bits per heavy atom. The summed E-state index contributed by atoms with van der Waals surface area (Å²) in [5.41, 5.74) is 3.00. The fraction of sp³-hybridized carbons (Fsp3) is 0.353. The van der Waals surface area contributed by atoms with Crippen LogP contribution in [0.15, 0.2) is 91.0 Å². The van der Waals surface area contributed by atoms with E-state index in [9.17, 15) is 19.2 Å². The fourth-order valence-corrected chi connectivity index (χ4v) is 5.75. The zero-order valence-electron chi connectivity index (χ0n) is 23.8. The van der Waals surface area contributed by atoms with Crippen LogP contribution >= 0.6 is 0 Å². The van der Waals surface area contributed by atoms with E-state index in [2.05, 4.69) is 0 Å². The van der Waals surface area contributed by atoms with E-state index in [1.807, 2.05) is 91.0 Å². The summed E-state index contributed by atoms with van der Waals surface area (Å²) in [7, 11) is 0. The molecule has 2 saturated heterocycles. The van der Waals surface area contributed by atoms with E-state index in [0.717, 1.165) is 16.7 Å². The molecule has 0 N–H and O–H groups in total. The lowest BCUT2D eigenvalue weighted by Crippen LogP contribution is -2.45. The molecule has 218 valence electrons. The van der Waals surface area contributed by atoms with Gasteiger partial charge in [0.1, 0.15) is 13.2 Å². The Kier molecular flexibility index (Phi) is 9.31. The second kappa shape index (κ2) is 13.5. The van der Waals surface area contributed by atoms with Gasteiger partial charge in [0, 0.05) is 11.8 Å². The summed E-state index contributed by atoms with van der Waals surface area (Å²) in [4.78, 5) is 55.3. The van der Waals surface area contributed by atoms with Crippen LogP contribution in [0, 0.1) is 11.8 Å². The third-order valence-corrected chi connectivity index (χ3v) is 8.07. The monoisotopic (exact) mass is 568 g/mol. The van der Waals surface area contributed by atoms with Gasteiger partial charge in [0.15, 0.2) is 0 Å². The first-order valence-electron chi connectivity index (χ1n) is 14.5. The van der Waals surface area contributed by atoms with Crippen LogP contribution in [0.2, 0.25) is 0 Å². The van der Waals surface area contributed by atoms with Gasteiger partial charge in [-0.15, -0.1) is 0 Å². The molecule has 2 heterocycles. The first-order chi connectivity index (χ1) is 20.4. The van der Waals surface area contributed by atoms with Gasteiger partial charge in [0.25, 0.3) is 0 Å². The molecule has 0 aromatic heterocycles. The second-order valence-corrected chi connectivity index (χ2v) is 11.1. The Bertz CT molecular complexity index is 1380. The van der Waals surface area contributed by atoms with E-state index in [1.54, 1.807) is 6.92 Å². The van der Waals surface area contributed by atoms with E-state index in [0.29, 0.717) is 32.1 Å². The summed E-state index contributed by atoms with van der Waals surface area (Å²) in [6, 6.07) is 28.3. The van der Waals surface area contributed by atoms with Gasteiger partial charge < -0.3 is 9.47 Å². The summed E-state index contributed by atoms with van der Waals surface area (Å²) >= 11 is 0. The molecule has 3 aromatic rings. The SMILES string of the molecule is CC(CCC(Cc1ccccc1)C(=O)N1C(=O)OCC1Cc1ccccc1)C(=O)N1C(=O)OCC1Cc1ccccc1. The Hall–Kier alpha value is -4.46. The van der Waals surface area contributed by atoms with Gasteiger partial charge in [0.2, 0.25) is 11.8 Å². The molecule has 0 bridgehead atoms. The Balaban J connectivity index is 1.29. The molecule has 4 atom stereocenters. The summed E-state index contributed by atoms with van der Waals surface area (Å²) in [6.45, 7) is 2.08. The third kappa shape index (κ3) is 6.87. The first-order valence-corrected chi connectivity index (χ1v) is 14.5. The molecule has 0 saturated carbocycles. The fourth-order valence-electron chi connectivity index (χ4n) is 5.75. The molecular weight excluding hydrogens is 532 g/mol. The van der Waals surface area contributed by atoms with E-state index in [1.165, 1.54) is 9.80 Å². The lowest BCUT2D eigenvalue weighted by Gasteiger charge is -2.27. The molecule has 0 radical (unpaired) electrons. The van der Waals surface area contributed by atoms with Gasteiger partial charge in [-0.2, -0.15) is 0 Å². The Labute approximate surface area is 246 Å². The van der Waals surface area contributed by atoms with Crippen LogP contribution in [0.25, 0.3) is 0 Å². The smallest absolute Gasteiger partial charge is 0.416 e. The molecule has 8 nitrogen and oxygen atoms in total. The van der Waals surface area contributed by atoms with Crippen molar-refractivity contribution in [2.24, 2.45) is 11.8 Å². The number of imide groups is 2. The molecule has 4 unspecified atom stereocenters. The van der Waals surface area contributed by atoms with Crippen LogP contribution in [0.1, 0.15) is 36.5 Å². The van der Waals surface area contributed by atoms with Crippen molar-refractivity contribution in [1.82, 2.24) is 9.80 Å². The molecular formula is C34H36N2O6. The summed E-state index contributed by atoms with van der Waals surface area (Å²) in [5, 5.41) is 0. The number of nitrogens with zero attached hydrogens (tertiary/aromatic N) is 2. The van der Waals surface area contributed by atoms with Gasteiger partial charge in [-0.05, 0) is 48.8 Å². The third-order valence-electron chi connectivity index (χ3n) is 8.07. The summed E-state index contributed by atoms with van der Waals surface area (Å²) < 4.78 is 10.6. The van der Waals surface area contributed by atoms with Gasteiger partial charge in [-0.3, -0.25) is 9.59 Å². The molecule has 5 rings (SSSR count). The average Bonchev–Trinajstić information content (AvgIpc) is 3.56. The number of rotatable bonds is 11. The average molecular weight is 569 g/mol. The predicted molar refractivity (Wildman–Crippen MR) is 156 cm³/mol. The van der Waals surface area contributed by atoms with Crippen molar-refractivity contribution in [1.29, 1.82) is 0 Å². The molecule has 2 fully saturated rings. The number of carbonyl (C=O) groups excluding carboxylic acids is 4. The highest BCUT2D eigenvalue weighted by Crippen LogP contribution is 2.27. The standard InChI is InChI=1S/C34H36N2O6/c1-24(31(37)35-29(22-41-33(35)39)20-26-13-7-3-8-14-26)17-18-28(19-25-11-5-2-6-12-25)32(38)36-30(23-42-34(36)40)21-27-15-9-4-10-16-27/h2-16,24,28-30H,17-23H2,1H3. The number of cyclic esters (lactones) is 2. The minimum Gasteiger partial charge on any atom is -0.447 e. The number of carbonyl (C=O) groups is 4. The highest BCUT2D eigenvalue weighted by molar-refractivity contribution is 5.96. The lowest BCUT2D eigenvalue weighted by molar-refractivity contribution is -0.136. The van der Waals surface area contributed by atoms with Crippen molar-refractivity contribution in [2.75, 3.05) is 13.2 Å². The summed E-state index contributed by atoms with van der Waals surface area (Å²) in [6.07, 6.45) is 0.917. The van der Waals surface area contributed by atoms with Crippen molar-refractivity contribution in [3.63, 3.8) is 0 Å². The van der Waals surface area contributed by atoms with Gasteiger partial charge in [0.05, 0.1) is 12.1 Å².